The summed E-state index contributed by atoms with van der Waals surface area (Å²) in [7, 11) is -3.97. The molecule has 1 aliphatic heterocycles. The molecule has 0 saturated carbocycles. The SMILES string of the molecule is Cc1cn2c(n1)[C@@H](C)C[C@@H](C(=O)NS(=O)(=O)c1ccn(C(C)C)n1)C2. The average Bonchev–Trinajstić information content (AvgIpc) is 3.13. The van der Waals surface area contributed by atoms with Crippen molar-refractivity contribution in [1.29, 1.82) is 0 Å². The molecule has 25 heavy (non-hydrogen) atoms. The second-order valence-corrected chi connectivity index (χ2v) is 8.55. The molecule has 2 aromatic heterocycles. The fourth-order valence-electron chi connectivity index (χ4n) is 3.16. The van der Waals surface area contributed by atoms with E-state index in [1.165, 1.54) is 6.07 Å². The zero-order chi connectivity index (χ0) is 18.4. The van der Waals surface area contributed by atoms with Crippen molar-refractivity contribution in [3.8, 4) is 0 Å². The number of fused-ring (bicyclic) bond motifs is 1. The third-order valence-electron chi connectivity index (χ3n) is 4.42. The van der Waals surface area contributed by atoms with E-state index < -0.39 is 21.8 Å². The van der Waals surface area contributed by atoms with Crippen molar-refractivity contribution in [2.24, 2.45) is 5.92 Å². The highest BCUT2D eigenvalue weighted by molar-refractivity contribution is 7.90. The third kappa shape index (κ3) is 3.46. The normalized spacial score (nSPS) is 20.5. The number of sulfonamides is 1. The van der Waals surface area contributed by atoms with E-state index >= 15 is 0 Å². The summed E-state index contributed by atoms with van der Waals surface area (Å²) in [6.07, 6.45) is 4.05. The predicted molar refractivity (Wildman–Crippen MR) is 91.4 cm³/mol. The molecule has 2 atom stereocenters. The molecule has 0 aromatic carbocycles. The van der Waals surface area contributed by atoms with Gasteiger partial charge in [0.2, 0.25) is 5.91 Å². The average molecular weight is 365 g/mol. The van der Waals surface area contributed by atoms with E-state index in [0.717, 1.165) is 11.5 Å². The highest BCUT2D eigenvalue weighted by Crippen LogP contribution is 2.30. The second-order valence-electron chi connectivity index (χ2n) is 6.92. The zero-order valence-electron chi connectivity index (χ0n) is 14.8. The third-order valence-corrected chi connectivity index (χ3v) is 5.66. The number of rotatable bonds is 4. The maximum Gasteiger partial charge on any atom is 0.283 e. The van der Waals surface area contributed by atoms with Gasteiger partial charge in [0.05, 0.1) is 11.6 Å². The molecule has 0 fully saturated rings. The van der Waals surface area contributed by atoms with Crippen molar-refractivity contribution < 1.29 is 13.2 Å². The van der Waals surface area contributed by atoms with Crippen molar-refractivity contribution in [1.82, 2.24) is 24.1 Å². The number of nitrogens with zero attached hydrogens (tertiary/aromatic N) is 4. The molecule has 0 saturated heterocycles. The van der Waals surface area contributed by atoms with Crippen LogP contribution in [0, 0.1) is 12.8 Å². The Morgan fingerprint density at radius 2 is 2.12 bits per heavy atom. The van der Waals surface area contributed by atoms with Crippen LogP contribution < -0.4 is 4.72 Å². The summed E-state index contributed by atoms with van der Waals surface area (Å²) in [5, 5.41) is 3.89. The Morgan fingerprint density at radius 1 is 1.40 bits per heavy atom. The second kappa shape index (κ2) is 6.29. The van der Waals surface area contributed by atoms with Gasteiger partial charge >= 0.3 is 0 Å². The zero-order valence-corrected chi connectivity index (χ0v) is 15.6. The van der Waals surface area contributed by atoms with Gasteiger partial charge in [-0.15, -0.1) is 0 Å². The smallest absolute Gasteiger partial charge is 0.283 e. The Bertz CT molecular complexity index is 897. The lowest BCUT2D eigenvalue weighted by atomic mass is 9.91. The molecule has 2 aromatic rings. The predicted octanol–water partition coefficient (Wildman–Crippen LogP) is 1.60. The van der Waals surface area contributed by atoms with Crippen LogP contribution >= 0.6 is 0 Å². The minimum atomic E-state index is -3.97. The molecular weight excluding hydrogens is 342 g/mol. The van der Waals surface area contributed by atoms with Gasteiger partial charge in [0.15, 0.2) is 5.03 Å². The molecule has 3 heterocycles. The Labute approximate surface area is 147 Å². The topological polar surface area (TPSA) is 98.9 Å². The summed E-state index contributed by atoms with van der Waals surface area (Å²) >= 11 is 0. The van der Waals surface area contributed by atoms with E-state index in [2.05, 4.69) is 14.8 Å². The number of amides is 1. The Morgan fingerprint density at radius 3 is 2.76 bits per heavy atom. The van der Waals surface area contributed by atoms with Crippen LogP contribution in [0.2, 0.25) is 0 Å². The van der Waals surface area contributed by atoms with Crippen LogP contribution in [0.4, 0.5) is 0 Å². The van der Waals surface area contributed by atoms with Crippen molar-refractivity contribution in [3.05, 3.63) is 30.0 Å². The molecular formula is C16H23N5O3S. The monoisotopic (exact) mass is 365 g/mol. The van der Waals surface area contributed by atoms with Gasteiger partial charge in [0, 0.05) is 30.9 Å². The van der Waals surface area contributed by atoms with Gasteiger partial charge in [-0.1, -0.05) is 6.92 Å². The lowest BCUT2D eigenvalue weighted by Gasteiger charge is -2.27. The van der Waals surface area contributed by atoms with Crippen LogP contribution in [0.3, 0.4) is 0 Å². The first-order valence-corrected chi connectivity index (χ1v) is 9.81. The van der Waals surface area contributed by atoms with Crippen LogP contribution in [0.1, 0.15) is 50.7 Å². The largest absolute Gasteiger partial charge is 0.334 e. The molecule has 1 N–H and O–H groups in total. The molecule has 3 rings (SSSR count). The molecule has 0 unspecified atom stereocenters. The molecule has 9 heteroatoms. The number of hydrogen-bond donors (Lipinski definition) is 1. The fraction of sp³-hybridized carbons (Fsp3) is 0.562. The quantitative estimate of drug-likeness (QED) is 0.887. The Kier molecular flexibility index (Phi) is 4.44. The Balaban J connectivity index is 1.75. The number of carbonyl (C=O) groups excluding carboxylic acids is 1. The van der Waals surface area contributed by atoms with Crippen LogP contribution in [0.15, 0.2) is 23.5 Å². The molecule has 0 bridgehead atoms. The Hall–Kier alpha value is -2.16. The van der Waals surface area contributed by atoms with Crippen molar-refractivity contribution in [3.63, 3.8) is 0 Å². The van der Waals surface area contributed by atoms with E-state index in [4.69, 9.17) is 0 Å². The van der Waals surface area contributed by atoms with Gasteiger partial charge in [0.1, 0.15) is 5.82 Å². The van der Waals surface area contributed by atoms with E-state index in [1.54, 1.807) is 10.9 Å². The number of nitrogens with one attached hydrogen (secondary N) is 1. The lowest BCUT2D eigenvalue weighted by molar-refractivity contribution is -0.124. The van der Waals surface area contributed by atoms with Crippen LogP contribution in [-0.4, -0.2) is 33.7 Å². The van der Waals surface area contributed by atoms with Crippen molar-refractivity contribution in [2.75, 3.05) is 0 Å². The number of aromatic nitrogens is 4. The number of aryl methyl sites for hydroxylation is 1. The minimum absolute atomic E-state index is 0.0433. The van der Waals surface area contributed by atoms with Gasteiger partial charge in [-0.2, -0.15) is 13.5 Å². The lowest BCUT2D eigenvalue weighted by Crippen LogP contribution is -2.40. The summed E-state index contributed by atoms with van der Waals surface area (Å²) in [5.41, 5.74) is 0.898. The maximum absolute atomic E-state index is 12.5. The molecule has 1 amide bonds. The summed E-state index contributed by atoms with van der Waals surface area (Å²) in [6.45, 7) is 8.13. The summed E-state index contributed by atoms with van der Waals surface area (Å²) in [5.74, 6) is 0.127. The number of carbonyl (C=O) groups is 1. The number of hydrogen-bond acceptors (Lipinski definition) is 5. The fourth-order valence-corrected chi connectivity index (χ4v) is 4.14. The molecule has 0 radical (unpaired) electrons. The first-order chi connectivity index (χ1) is 11.7. The first kappa shape index (κ1) is 17.7. The van der Waals surface area contributed by atoms with Crippen LogP contribution in [-0.2, 0) is 21.4 Å². The molecule has 136 valence electrons. The van der Waals surface area contributed by atoms with Gasteiger partial charge < -0.3 is 4.57 Å². The minimum Gasteiger partial charge on any atom is -0.334 e. The van der Waals surface area contributed by atoms with Crippen molar-refractivity contribution >= 4 is 15.9 Å². The highest BCUT2D eigenvalue weighted by atomic mass is 32.2. The van der Waals surface area contributed by atoms with Gasteiger partial charge in [-0.25, -0.2) is 9.71 Å². The summed E-state index contributed by atoms with van der Waals surface area (Å²) < 4.78 is 30.5. The highest BCUT2D eigenvalue weighted by Gasteiger charge is 2.33. The maximum atomic E-state index is 12.5. The van der Waals surface area contributed by atoms with Gasteiger partial charge in [-0.3, -0.25) is 9.48 Å². The summed E-state index contributed by atoms with van der Waals surface area (Å²) in [6, 6.07) is 1.44. The van der Waals surface area contributed by atoms with Crippen LogP contribution in [0.5, 0.6) is 0 Å². The van der Waals surface area contributed by atoms with E-state index in [0.29, 0.717) is 13.0 Å². The molecule has 8 nitrogen and oxygen atoms in total. The van der Waals surface area contributed by atoms with Crippen molar-refractivity contribution in [2.45, 2.75) is 57.6 Å². The van der Waals surface area contributed by atoms with E-state index in [1.807, 2.05) is 38.5 Å². The number of imidazole rings is 1. The van der Waals surface area contributed by atoms with E-state index in [-0.39, 0.29) is 17.0 Å². The molecule has 1 aliphatic rings. The molecule has 0 aliphatic carbocycles. The van der Waals surface area contributed by atoms with Gasteiger partial charge in [-0.05, 0) is 33.3 Å². The van der Waals surface area contributed by atoms with E-state index in [9.17, 15) is 13.2 Å². The summed E-state index contributed by atoms with van der Waals surface area (Å²) in [4.78, 5) is 17.0. The van der Waals surface area contributed by atoms with Crippen LogP contribution in [0.25, 0.3) is 0 Å². The standard InChI is InChI=1S/C16H23N5O3S/c1-10(2)21-6-5-14(18-21)25(23,24)19-16(22)13-7-11(3)15-17-12(4)8-20(15)9-13/h5-6,8,10-11,13H,7,9H2,1-4H3,(H,19,22)/t11-,13+/m0/s1. The van der Waals surface area contributed by atoms with Gasteiger partial charge in [0.25, 0.3) is 10.0 Å². The molecule has 0 spiro atoms. The first-order valence-electron chi connectivity index (χ1n) is 8.33.